The lowest BCUT2D eigenvalue weighted by Crippen LogP contribution is -2.44. The number of aromatic nitrogens is 1. The second kappa shape index (κ2) is 15.9. The van der Waals surface area contributed by atoms with E-state index in [2.05, 4.69) is 27.7 Å². The molecule has 0 aliphatic carbocycles. The Kier molecular flexibility index (Phi) is 12.3. The Morgan fingerprint density at radius 2 is 1.85 bits per heavy atom. The highest BCUT2D eigenvalue weighted by Gasteiger charge is 2.21. The van der Waals surface area contributed by atoms with E-state index in [4.69, 9.17) is 14.5 Å². The van der Waals surface area contributed by atoms with E-state index in [1.165, 1.54) is 5.56 Å². The standard InChI is InChI=1S/C30H44N4O5/c1-22(2)21-28(35)33-27(30(36)37)15-18-34(19-20-39-26-13-11-25(38-3)12-14-26)17-5-4-8-24-10-9-23-7-6-16-31-29(23)32-24/h9-14,22,27H,4-8,15-21H2,1-3H3,(H,31,32)(H,33,35)(H,36,37). The minimum Gasteiger partial charge on any atom is -0.497 e. The van der Waals surface area contributed by atoms with Crippen molar-refractivity contribution in [2.75, 3.05) is 45.2 Å². The molecule has 1 amide bonds. The number of hydrogen-bond donors (Lipinski definition) is 3. The number of hydrogen-bond acceptors (Lipinski definition) is 7. The molecule has 1 aromatic carbocycles. The van der Waals surface area contributed by atoms with Crippen molar-refractivity contribution >= 4 is 17.7 Å². The van der Waals surface area contributed by atoms with E-state index < -0.39 is 12.0 Å². The summed E-state index contributed by atoms with van der Waals surface area (Å²) < 4.78 is 11.1. The van der Waals surface area contributed by atoms with Crippen LogP contribution >= 0.6 is 0 Å². The number of rotatable bonds is 17. The van der Waals surface area contributed by atoms with Gasteiger partial charge >= 0.3 is 5.97 Å². The van der Waals surface area contributed by atoms with E-state index in [0.29, 0.717) is 32.5 Å². The zero-order valence-electron chi connectivity index (χ0n) is 23.6. The van der Waals surface area contributed by atoms with Gasteiger partial charge in [0.05, 0.1) is 7.11 Å². The summed E-state index contributed by atoms with van der Waals surface area (Å²) >= 11 is 0. The number of carbonyl (C=O) groups is 2. The molecule has 3 N–H and O–H groups in total. The summed E-state index contributed by atoms with van der Waals surface area (Å²) in [6.45, 7) is 7.34. The number of fused-ring (bicyclic) bond motifs is 1. The lowest BCUT2D eigenvalue weighted by atomic mass is 10.1. The Hall–Kier alpha value is -3.33. The summed E-state index contributed by atoms with van der Waals surface area (Å²) in [5, 5.41) is 15.8. The van der Waals surface area contributed by atoms with Crippen molar-refractivity contribution in [2.45, 2.75) is 64.8 Å². The maximum absolute atomic E-state index is 12.2. The van der Waals surface area contributed by atoms with Gasteiger partial charge in [-0.2, -0.15) is 0 Å². The summed E-state index contributed by atoms with van der Waals surface area (Å²) in [6, 6.07) is 10.9. The minimum absolute atomic E-state index is 0.173. The first kappa shape index (κ1) is 30.2. The van der Waals surface area contributed by atoms with Gasteiger partial charge in [0.25, 0.3) is 0 Å². The predicted octanol–water partition coefficient (Wildman–Crippen LogP) is 4.16. The molecule has 9 heteroatoms. The van der Waals surface area contributed by atoms with Crippen LogP contribution in [0.2, 0.25) is 0 Å². The van der Waals surface area contributed by atoms with E-state index in [1.807, 2.05) is 38.1 Å². The van der Waals surface area contributed by atoms with Gasteiger partial charge in [0.1, 0.15) is 30.0 Å². The molecule has 1 aliphatic rings. The summed E-state index contributed by atoms with van der Waals surface area (Å²) in [6.07, 6.45) is 5.71. The maximum Gasteiger partial charge on any atom is 0.326 e. The van der Waals surface area contributed by atoms with Gasteiger partial charge in [0.2, 0.25) is 5.91 Å². The highest BCUT2D eigenvalue weighted by atomic mass is 16.5. The van der Waals surface area contributed by atoms with Gasteiger partial charge < -0.3 is 25.2 Å². The molecule has 1 aliphatic heterocycles. The number of benzene rings is 1. The number of nitrogens with one attached hydrogen (secondary N) is 2. The maximum atomic E-state index is 12.2. The van der Waals surface area contributed by atoms with Crippen LogP contribution in [0.15, 0.2) is 36.4 Å². The van der Waals surface area contributed by atoms with Gasteiger partial charge in [-0.25, -0.2) is 9.78 Å². The fourth-order valence-electron chi connectivity index (χ4n) is 4.64. The molecule has 9 nitrogen and oxygen atoms in total. The number of anilines is 1. The highest BCUT2D eigenvalue weighted by Crippen LogP contribution is 2.20. The molecule has 0 bridgehead atoms. The monoisotopic (exact) mass is 540 g/mol. The van der Waals surface area contributed by atoms with Crippen LogP contribution < -0.4 is 20.1 Å². The van der Waals surface area contributed by atoms with Crippen LogP contribution in [0.25, 0.3) is 0 Å². The van der Waals surface area contributed by atoms with Gasteiger partial charge in [0, 0.05) is 31.7 Å². The number of carboxylic acid groups (broad SMARTS) is 1. The number of methoxy groups -OCH3 is 1. The third kappa shape index (κ3) is 10.8. The van der Waals surface area contributed by atoms with Crippen molar-refractivity contribution in [1.29, 1.82) is 0 Å². The van der Waals surface area contributed by atoms with Crippen LogP contribution in [0.5, 0.6) is 11.5 Å². The number of pyridine rings is 1. The van der Waals surface area contributed by atoms with E-state index in [-0.39, 0.29) is 11.8 Å². The van der Waals surface area contributed by atoms with Gasteiger partial charge in [0.15, 0.2) is 0 Å². The van der Waals surface area contributed by atoms with Crippen LogP contribution in [-0.2, 0) is 22.4 Å². The third-order valence-corrected chi connectivity index (χ3v) is 6.81. The molecule has 0 spiro atoms. The molecular weight excluding hydrogens is 496 g/mol. The molecule has 1 unspecified atom stereocenters. The Bertz CT molecular complexity index is 1040. The van der Waals surface area contributed by atoms with Crippen LogP contribution in [0, 0.1) is 5.92 Å². The van der Waals surface area contributed by atoms with Crippen LogP contribution in [0.1, 0.15) is 57.2 Å². The zero-order chi connectivity index (χ0) is 28.0. The molecule has 0 radical (unpaired) electrons. The first-order valence-corrected chi connectivity index (χ1v) is 14.1. The lowest BCUT2D eigenvalue weighted by molar-refractivity contribution is -0.142. The van der Waals surface area contributed by atoms with Crippen molar-refractivity contribution in [1.82, 2.24) is 15.2 Å². The average Bonchev–Trinajstić information content (AvgIpc) is 2.92. The molecule has 2 heterocycles. The molecule has 3 rings (SSSR count). The van der Waals surface area contributed by atoms with E-state index in [0.717, 1.165) is 68.2 Å². The van der Waals surface area contributed by atoms with Gasteiger partial charge in [-0.15, -0.1) is 0 Å². The number of nitrogens with zero attached hydrogens (tertiary/aromatic N) is 2. The Labute approximate surface area is 232 Å². The molecule has 39 heavy (non-hydrogen) atoms. The van der Waals surface area contributed by atoms with Gasteiger partial charge in [-0.1, -0.05) is 19.9 Å². The molecular formula is C30H44N4O5. The lowest BCUT2D eigenvalue weighted by Gasteiger charge is -2.24. The second-order valence-corrected chi connectivity index (χ2v) is 10.5. The Morgan fingerprint density at radius 1 is 1.08 bits per heavy atom. The quantitative estimate of drug-likeness (QED) is 0.257. The second-order valence-electron chi connectivity index (χ2n) is 10.5. The normalized spacial score (nSPS) is 13.5. The number of unbranched alkanes of at least 4 members (excludes halogenated alkanes) is 1. The fourth-order valence-corrected chi connectivity index (χ4v) is 4.64. The first-order chi connectivity index (χ1) is 18.8. The molecule has 0 saturated carbocycles. The van der Waals surface area contributed by atoms with Crippen molar-refractivity contribution < 1.29 is 24.2 Å². The first-order valence-electron chi connectivity index (χ1n) is 14.1. The minimum atomic E-state index is -1.01. The van der Waals surface area contributed by atoms with Crippen LogP contribution in [0.4, 0.5) is 5.82 Å². The molecule has 1 atom stereocenters. The molecule has 2 aromatic rings. The number of carboxylic acids is 1. The van der Waals surface area contributed by atoms with E-state index in [1.54, 1.807) is 7.11 Å². The molecule has 214 valence electrons. The number of ether oxygens (including phenoxy) is 2. The summed E-state index contributed by atoms with van der Waals surface area (Å²) in [5.41, 5.74) is 2.39. The average molecular weight is 541 g/mol. The molecule has 0 saturated heterocycles. The predicted molar refractivity (Wildman–Crippen MR) is 153 cm³/mol. The fraction of sp³-hybridized carbons (Fsp3) is 0.567. The number of aryl methyl sites for hydroxylation is 2. The topological polar surface area (TPSA) is 113 Å². The van der Waals surface area contributed by atoms with Gasteiger partial charge in [-0.05, 0) is 86.9 Å². The molecule has 0 fully saturated rings. The smallest absolute Gasteiger partial charge is 0.326 e. The van der Waals surface area contributed by atoms with E-state index >= 15 is 0 Å². The van der Waals surface area contributed by atoms with Crippen molar-refractivity contribution in [2.24, 2.45) is 5.92 Å². The number of aliphatic carboxylic acids is 1. The van der Waals surface area contributed by atoms with Crippen molar-refractivity contribution in [3.8, 4) is 11.5 Å². The van der Waals surface area contributed by atoms with Crippen LogP contribution in [0.3, 0.4) is 0 Å². The van der Waals surface area contributed by atoms with Gasteiger partial charge in [-0.3, -0.25) is 9.69 Å². The Morgan fingerprint density at radius 3 is 2.56 bits per heavy atom. The largest absolute Gasteiger partial charge is 0.497 e. The molecule has 1 aromatic heterocycles. The zero-order valence-corrected chi connectivity index (χ0v) is 23.6. The van der Waals surface area contributed by atoms with Crippen LogP contribution in [-0.4, -0.2) is 72.8 Å². The van der Waals surface area contributed by atoms with Crippen molar-refractivity contribution in [3.05, 3.63) is 47.7 Å². The number of amides is 1. The summed E-state index contributed by atoms with van der Waals surface area (Å²) in [5.74, 6) is 1.49. The van der Waals surface area contributed by atoms with Crippen molar-refractivity contribution in [3.63, 3.8) is 0 Å². The SMILES string of the molecule is COc1ccc(OCCN(CCCCc2ccc3c(n2)NCCC3)CCC(NC(=O)CC(C)C)C(=O)O)cc1. The summed E-state index contributed by atoms with van der Waals surface area (Å²) in [4.78, 5) is 31.0. The summed E-state index contributed by atoms with van der Waals surface area (Å²) in [7, 11) is 1.63. The third-order valence-electron chi connectivity index (χ3n) is 6.81. The number of carbonyl (C=O) groups excluding carboxylic acids is 1. The Balaban J connectivity index is 1.51. The highest BCUT2D eigenvalue weighted by molar-refractivity contribution is 5.83. The van der Waals surface area contributed by atoms with E-state index in [9.17, 15) is 14.7 Å².